The molecule has 0 spiro atoms. The summed E-state index contributed by atoms with van der Waals surface area (Å²) in [5.41, 5.74) is 4.30. The Labute approximate surface area is 160 Å². The van der Waals surface area contributed by atoms with Gasteiger partial charge in [-0.2, -0.15) is 0 Å². The number of methoxy groups -OCH3 is 2. The third-order valence-electron chi connectivity index (χ3n) is 4.48. The molecule has 0 radical (unpaired) electrons. The van der Waals surface area contributed by atoms with E-state index in [0.717, 1.165) is 40.6 Å². The van der Waals surface area contributed by atoms with Gasteiger partial charge in [-0.05, 0) is 50.7 Å². The molecule has 0 N–H and O–H groups in total. The number of rotatable bonds is 7. The van der Waals surface area contributed by atoms with E-state index in [-0.39, 0.29) is 0 Å². The zero-order valence-electron chi connectivity index (χ0n) is 16.6. The topological polar surface area (TPSA) is 47.7 Å². The Bertz CT molecular complexity index is 918. The third-order valence-corrected chi connectivity index (χ3v) is 4.48. The van der Waals surface area contributed by atoms with E-state index in [9.17, 15) is 0 Å². The second-order valence-electron chi connectivity index (χ2n) is 6.75. The summed E-state index contributed by atoms with van der Waals surface area (Å²) < 4.78 is 16.6. The van der Waals surface area contributed by atoms with Gasteiger partial charge in [0.2, 0.25) is 5.89 Å². The molecular formula is C22H26N2O3. The van der Waals surface area contributed by atoms with Crippen LogP contribution in [0.4, 0.5) is 0 Å². The number of ether oxygens (including phenoxy) is 2. The molecule has 0 amide bonds. The van der Waals surface area contributed by atoms with Crippen molar-refractivity contribution in [2.75, 3.05) is 21.3 Å². The fraction of sp³-hybridized carbons (Fsp3) is 0.318. The maximum Gasteiger partial charge on any atom is 0.226 e. The van der Waals surface area contributed by atoms with Crippen molar-refractivity contribution in [2.45, 2.75) is 26.9 Å². The van der Waals surface area contributed by atoms with Crippen molar-refractivity contribution in [1.29, 1.82) is 0 Å². The first-order chi connectivity index (χ1) is 13.0. The van der Waals surface area contributed by atoms with Crippen LogP contribution in [0.5, 0.6) is 11.5 Å². The fourth-order valence-electron chi connectivity index (χ4n) is 3.08. The first-order valence-corrected chi connectivity index (χ1v) is 8.93. The summed E-state index contributed by atoms with van der Waals surface area (Å²) in [5, 5.41) is 0. The van der Waals surface area contributed by atoms with Gasteiger partial charge in [0.1, 0.15) is 5.76 Å². The highest BCUT2D eigenvalue weighted by Crippen LogP contribution is 2.28. The van der Waals surface area contributed by atoms with E-state index >= 15 is 0 Å². The van der Waals surface area contributed by atoms with E-state index in [1.807, 2.05) is 37.3 Å². The Hall–Kier alpha value is -2.79. The van der Waals surface area contributed by atoms with E-state index in [0.29, 0.717) is 12.4 Å². The van der Waals surface area contributed by atoms with Crippen LogP contribution in [0.3, 0.4) is 0 Å². The monoisotopic (exact) mass is 366 g/mol. The normalized spacial score (nSPS) is 11.0. The predicted molar refractivity (Wildman–Crippen MR) is 106 cm³/mol. The Morgan fingerprint density at radius 2 is 1.74 bits per heavy atom. The lowest BCUT2D eigenvalue weighted by Crippen LogP contribution is -2.18. The molecule has 27 heavy (non-hydrogen) atoms. The van der Waals surface area contributed by atoms with E-state index in [1.54, 1.807) is 14.2 Å². The highest BCUT2D eigenvalue weighted by atomic mass is 16.5. The first kappa shape index (κ1) is 19.0. The van der Waals surface area contributed by atoms with Gasteiger partial charge < -0.3 is 13.9 Å². The second kappa shape index (κ2) is 8.27. The van der Waals surface area contributed by atoms with Crippen LogP contribution in [0.2, 0.25) is 0 Å². The fourth-order valence-corrected chi connectivity index (χ4v) is 3.08. The highest BCUT2D eigenvalue weighted by molar-refractivity contribution is 5.54. The average Bonchev–Trinajstić information content (AvgIpc) is 3.02. The van der Waals surface area contributed by atoms with E-state index in [4.69, 9.17) is 18.9 Å². The zero-order chi connectivity index (χ0) is 19.4. The van der Waals surface area contributed by atoms with Crippen LogP contribution >= 0.6 is 0 Å². The molecule has 0 unspecified atom stereocenters. The van der Waals surface area contributed by atoms with Crippen molar-refractivity contribution in [3.05, 3.63) is 65.0 Å². The van der Waals surface area contributed by atoms with Crippen LogP contribution < -0.4 is 9.47 Å². The molecule has 1 aromatic heterocycles. The van der Waals surface area contributed by atoms with Crippen molar-refractivity contribution < 1.29 is 13.9 Å². The largest absolute Gasteiger partial charge is 0.493 e. The van der Waals surface area contributed by atoms with Crippen molar-refractivity contribution in [2.24, 2.45) is 0 Å². The summed E-state index contributed by atoms with van der Waals surface area (Å²) in [7, 11) is 5.36. The van der Waals surface area contributed by atoms with Gasteiger partial charge in [-0.1, -0.05) is 23.8 Å². The lowest BCUT2D eigenvalue weighted by molar-refractivity contribution is 0.311. The first-order valence-electron chi connectivity index (χ1n) is 8.93. The Balaban J connectivity index is 1.72. The molecule has 5 nitrogen and oxygen atoms in total. The number of hydrogen-bond donors (Lipinski definition) is 0. The van der Waals surface area contributed by atoms with Crippen LogP contribution in [0.15, 0.2) is 46.9 Å². The molecule has 3 rings (SSSR count). The number of aryl methyl sites for hydroxylation is 2. The SMILES string of the molecule is COc1ccc(CN(C)Cc2nc(-c3cccc(C)c3)oc2C)cc1OC. The van der Waals surface area contributed by atoms with Gasteiger partial charge in [0.25, 0.3) is 0 Å². The molecule has 0 saturated carbocycles. The van der Waals surface area contributed by atoms with Crippen LogP contribution in [0.25, 0.3) is 11.5 Å². The Kier molecular flexibility index (Phi) is 5.81. The van der Waals surface area contributed by atoms with Crippen LogP contribution in [-0.2, 0) is 13.1 Å². The van der Waals surface area contributed by atoms with Gasteiger partial charge in [0, 0.05) is 18.7 Å². The molecule has 0 saturated heterocycles. The van der Waals surface area contributed by atoms with Crippen molar-refractivity contribution >= 4 is 0 Å². The molecule has 0 aliphatic heterocycles. The molecule has 1 heterocycles. The van der Waals surface area contributed by atoms with Crippen LogP contribution in [0, 0.1) is 13.8 Å². The van der Waals surface area contributed by atoms with E-state index in [1.165, 1.54) is 5.56 Å². The number of benzene rings is 2. The summed E-state index contributed by atoms with van der Waals surface area (Å²) in [6, 6.07) is 14.2. The number of oxazole rings is 1. The molecule has 0 atom stereocenters. The van der Waals surface area contributed by atoms with Crippen molar-refractivity contribution in [3.63, 3.8) is 0 Å². The van der Waals surface area contributed by atoms with Gasteiger partial charge in [0.15, 0.2) is 11.5 Å². The molecule has 0 aliphatic carbocycles. The lowest BCUT2D eigenvalue weighted by atomic mass is 10.1. The minimum atomic E-state index is 0.672. The molecule has 5 heteroatoms. The summed E-state index contributed by atoms with van der Waals surface area (Å²) in [6.45, 7) is 5.50. The smallest absolute Gasteiger partial charge is 0.226 e. The summed E-state index contributed by atoms with van der Waals surface area (Å²) in [6.07, 6.45) is 0. The van der Waals surface area contributed by atoms with Crippen LogP contribution in [-0.4, -0.2) is 31.2 Å². The number of hydrogen-bond acceptors (Lipinski definition) is 5. The minimum absolute atomic E-state index is 0.672. The maximum atomic E-state index is 5.90. The summed E-state index contributed by atoms with van der Waals surface area (Å²) in [4.78, 5) is 6.91. The van der Waals surface area contributed by atoms with Gasteiger partial charge in [0.05, 0.1) is 19.9 Å². The van der Waals surface area contributed by atoms with Gasteiger partial charge in [-0.15, -0.1) is 0 Å². The quantitative estimate of drug-likeness (QED) is 0.611. The summed E-state index contributed by atoms with van der Waals surface area (Å²) >= 11 is 0. The Morgan fingerprint density at radius 3 is 2.44 bits per heavy atom. The van der Waals surface area contributed by atoms with E-state index in [2.05, 4.69) is 31.0 Å². The van der Waals surface area contributed by atoms with E-state index < -0.39 is 0 Å². The summed E-state index contributed by atoms with van der Waals surface area (Å²) in [5.74, 6) is 3.00. The van der Waals surface area contributed by atoms with Crippen LogP contribution in [0.1, 0.15) is 22.6 Å². The van der Waals surface area contributed by atoms with Gasteiger partial charge >= 0.3 is 0 Å². The maximum absolute atomic E-state index is 5.90. The molecule has 142 valence electrons. The average molecular weight is 366 g/mol. The number of aromatic nitrogens is 1. The third kappa shape index (κ3) is 4.49. The van der Waals surface area contributed by atoms with Crippen molar-refractivity contribution in [3.8, 4) is 23.0 Å². The zero-order valence-corrected chi connectivity index (χ0v) is 16.6. The predicted octanol–water partition coefficient (Wildman–Crippen LogP) is 4.61. The molecule has 3 aromatic rings. The standard InChI is InChI=1S/C22H26N2O3/c1-15-7-6-8-18(11-15)22-23-19(16(2)27-22)14-24(3)13-17-9-10-20(25-4)21(12-17)26-5/h6-12H,13-14H2,1-5H3. The van der Waals surface area contributed by atoms with Gasteiger partial charge in [-0.3, -0.25) is 4.90 Å². The molecule has 0 fully saturated rings. The Morgan fingerprint density at radius 1 is 0.963 bits per heavy atom. The lowest BCUT2D eigenvalue weighted by Gasteiger charge is -2.17. The molecule has 0 aliphatic rings. The second-order valence-corrected chi connectivity index (χ2v) is 6.75. The van der Waals surface area contributed by atoms with Gasteiger partial charge in [-0.25, -0.2) is 4.98 Å². The highest BCUT2D eigenvalue weighted by Gasteiger charge is 2.14. The molecule has 0 bridgehead atoms. The van der Waals surface area contributed by atoms with Crippen molar-refractivity contribution in [1.82, 2.24) is 9.88 Å². The minimum Gasteiger partial charge on any atom is -0.493 e. The molecule has 2 aromatic carbocycles. The number of nitrogens with zero attached hydrogens (tertiary/aromatic N) is 2. The molecular weight excluding hydrogens is 340 g/mol.